The number of aliphatic hydroxyl groups excluding tert-OH is 3. The van der Waals surface area contributed by atoms with Crippen LogP contribution in [0, 0.1) is 0 Å². The third kappa shape index (κ3) is 3.10. The molecule has 4 heterocycles. The van der Waals surface area contributed by atoms with Crippen molar-refractivity contribution in [2.45, 2.75) is 31.1 Å². The smallest absolute Gasteiger partial charge is 0.167 e. The first-order valence-electron chi connectivity index (χ1n) is 8.27. The summed E-state index contributed by atoms with van der Waals surface area (Å²) in [5, 5.41) is 32.5. The molecule has 1 fully saturated rings. The zero-order chi connectivity index (χ0) is 19.0. The van der Waals surface area contributed by atoms with E-state index in [4.69, 9.17) is 13.9 Å². The van der Waals surface area contributed by atoms with Crippen LogP contribution in [0.5, 0.6) is 5.75 Å². The van der Waals surface area contributed by atoms with Crippen LogP contribution in [0.25, 0.3) is 11.2 Å². The molecule has 11 heteroatoms. The average Bonchev–Trinajstić information content (AvgIpc) is 3.39. The van der Waals surface area contributed by atoms with Crippen molar-refractivity contribution < 1.29 is 29.2 Å². The number of anilines is 1. The van der Waals surface area contributed by atoms with E-state index in [0.29, 0.717) is 35.0 Å². The molecule has 0 radical (unpaired) electrons. The van der Waals surface area contributed by atoms with Gasteiger partial charge < -0.3 is 34.5 Å². The van der Waals surface area contributed by atoms with Crippen LogP contribution in [0.4, 0.5) is 5.82 Å². The van der Waals surface area contributed by atoms with Crippen LogP contribution in [0.1, 0.15) is 12.0 Å². The lowest BCUT2D eigenvalue weighted by Gasteiger charge is -2.16. The normalized spacial score (nSPS) is 25.2. The molecule has 0 amide bonds. The minimum Gasteiger partial charge on any atom is -0.493 e. The van der Waals surface area contributed by atoms with Gasteiger partial charge in [-0.1, -0.05) is 0 Å². The van der Waals surface area contributed by atoms with E-state index in [1.807, 2.05) is 0 Å². The molecule has 0 aliphatic carbocycles. The predicted molar refractivity (Wildman–Crippen MR) is 90.9 cm³/mol. The first kappa shape index (κ1) is 17.7. The molecule has 144 valence electrons. The summed E-state index contributed by atoms with van der Waals surface area (Å²) in [6.07, 6.45) is 0.0822. The van der Waals surface area contributed by atoms with Gasteiger partial charge in [-0.05, 0) is 0 Å². The minimum atomic E-state index is -1.22. The number of furan rings is 1. The summed E-state index contributed by atoms with van der Waals surface area (Å²) in [4.78, 5) is 12.7. The number of hydrogen-bond acceptors (Lipinski definition) is 10. The number of methoxy groups -OCH3 is 1. The molecule has 0 bridgehead atoms. The highest BCUT2D eigenvalue weighted by atomic mass is 16.6. The summed E-state index contributed by atoms with van der Waals surface area (Å²) < 4.78 is 17.5. The summed E-state index contributed by atoms with van der Waals surface area (Å²) >= 11 is 0. The van der Waals surface area contributed by atoms with Gasteiger partial charge in [0.25, 0.3) is 0 Å². The van der Waals surface area contributed by atoms with Gasteiger partial charge in [-0.25, -0.2) is 15.0 Å². The second-order valence-electron chi connectivity index (χ2n) is 6.08. The van der Waals surface area contributed by atoms with E-state index in [2.05, 4.69) is 20.3 Å². The number of nitrogens with one attached hydrogen (secondary N) is 1. The molecule has 4 atom stereocenters. The van der Waals surface area contributed by atoms with Crippen molar-refractivity contribution in [1.82, 2.24) is 19.5 Å². The third-order valence-electron chi connectivity index (χ3n) is 4.45. The quantitative estimate of drug-likeness (QED) is 0.449. The first-order valence-corrected chi connectivity index (χ1v) is 8.27. The summed E-state index contributed by atoms with van der Waals surface area (Å²) in [5.74, 6) is 1.75. The number of hydrogen-bond donors (Lipinski definition) is 4. The number of rotatable bonds is 6. The fourth-order valence-corrected chi connectivity index (χ4v) is 3.01. The molecule has 3 aromatic heterocycles. The minimum absolute atomic E-state index is 0.357. The van der Waals surface area contributed by atoms with Gasteiger partial charge in [-0.3, -0.25) is 4.57 Å². The largest absolute Gasteiger partial charge is 0.493 e. The van der Waals surface area contributed by atoms with E-state index in [1.54, 1.807) is 13.2 Å². The van der Waals surface area contributed by atoms with Crippen molar-refractivity contribution in [3.63, 3.8) is 0 Å². The number of aliphatic hydroxyl groups is 3. The Morgan fingerprint density at radius 2 is 2.11 bits per heavy atom. The molecule has 1 aliphatic rings. The third-order valence-corrected chi connectivity index (χ3v) is 4.45. The summed E-state index contributed by atoms with van der Waals surface area (Å²) in [7, 11) is 1.56. The number of imidazole rings is 1. The molecule has 0 aromatic carbocycles. The Morgan fingerprint density at radius 1 is 1.26 bits per heavy atom. The van der Waals surface area contributed by atoms with Gasteiger partial charge >= 0.3 is 0 Å². The maximum Gasteiger partial charge on any atom is 0.167 e. The lowest BCUT2D eigenvalue weighted by molar-refractivity contribution is -0.0511. The standard InChI is InChI=1S/C16H19N5O6/c1-25-9-2-8(26-5-9)3-17-14-11-15(19-6-18-14)21(7-20-11)16-13(24)12(23)10(4-22)27-16/h2,5-7,10,12-13,16,22-24H,3-4H2,1H3,(H,17,18,19)/t10-,12-,13+,16?/m1/s1. The van der Waals surface area contributed by atoms with Crippen LogP contribution in [0.3, 0.4) is 0 Å². The van der Waals surface area contributed by atoms with E-state index < -0.39 is 31.1 Å². The SMILES string of the molecule is COc1coc(CNc2ncnc3c2ncn3C2O[C@H](CO)[C@@H](O)[C@@H]2O)c1. The van der Waals surface area contributed by atoms with Crippen molar-refractivity contribution in [2.75, 3.05) is 19.0 Å². The van der Waals surface area contributed by atoms with Crippen molar-refractivity contribution in [1.29, 1.82) is 0 Å². The molecule has 4 rings (SSSR count). The molecule has 0 spiro atoms. The molecule has 1 aliphatic heterocycles. The van der Waals surface area contributed by atoms with Gasteiger partial charge in [0.1, 0.15) is 36.7 Å². The molecule has 0 saturated carbocycles. The molecule has 27 heavy (non-hydrogen) atoms. The number of nitrogens with zero attached hydrogens (tertiary/aromatic N) is 4. The zero-order valence-electron chi connectivity index (χ0n) is 14.4. The van der Waals surface area contributed by atoms with Crippen LogP contribution in [-0.2, 0) is 11.3 Å². The number of ether oxygens (including phenoxy) is 2. The van der Waals surface area contributed by atoms with E-state index in [-0.39, 0.29) is 0 Å². The van der Waals surface area contributed by atoms with Gasteiger partial charge in [-0.2, -0.15) is 0 Å². The Balaban J connectivity index is 1.58. The zero-order valence-corrected chi connectivity index (χ0v) is 14.4. The molecule has 1 saturated heterocycles. The second kappa shape index (κ2) is 7.12. The van der Waals surface area contributed by atoms with Gasteiger partial charge in [-0.15, -0.1) is 0 Å². The first-order chi connectivity index (χ1) is 13.1. The van der Waals surface area contributed by atoms with Crippen molar-refractivity contribution in [3.05, 3.63) is 30.7 Å². The Kier molecular flexibility index (Phi) is 4.66. The summed E-state index contributed by atoms with van der Waals surface area (Å²) in [6, 6.07) is 1.75. The van der Waals surface area contributed by atoms with Crippen LogP contribution in [-0.4, -0.2) is 66.9 Å². The monoisotopic (exact) mass is 377 g/mol. The summed E-state index contributed by atoms with van der Waals surface area (Å²) in [5.41, 5.74) is 0.883. The molecule has 4 N–H and O–H groups in total. The fourth-order valence-electron chi connectivity index (χ4n) is 3.01. The lowest BCUT2D eigenvalue weighted by atomic mass is 10.1. The molecular formula is C16H19N5O6. The fraction of sp³-hybridized carbons (Fsp3) is 0.438. The molecular weight excluding hydrogens is 358 g/mol. The van der Waals surface area contributed by atoms with Gasteiger partial charge in [0.15, 0.2) is 29.0 Å². The number of aromatic nitrogens is 4. The maximum atomic E-state index is 10.2. The Morgan fingerprint density at radius 3 is 2.81 bits per heavy atom. The van der Waals surface area contributed by atoms with Crippen LogP contribution in [0.15, 0.2) is 29.4 Å². The average molecular weight is 377 g/mol. The number of fused-ring (bicyclic) bond motifs is 1. The highest BCUT2D eigenvalue weighted by Gasteiger charge is 2.44. The highest BCUT2D eigenvalue weighted by molar-refractivity contribution is 5.82. The van der Waals surface area contributed by atoms with E-state index in [0.717, 1.165) is 0 Å². The van der Waals surface area contributed by atoms with Crippen LogP contribution in [0.2, 0.25) is 0 Å². The van der Waals surface area contributed by atoms with Gasteiger partial charge in [0.05, 0.1) is 26.6 Å². The molecule has 3 aromatic rings. The molecule has 1 unspecified atom stereocenters. The van der Waals surface area contributed by atoms with Crippen molar-refractivity contribution in [2.24, 2.45) is 0 Å². The Labute approximate surface area is 153 Å². The lowest BCUT2D eigenvalue weighted by Crippen LogP contribution is -2.33. The van der Waals surface area contributed by atoms with Crippen LogP contribution >= 0.6 is 0 Å². The second-order valence-corrected chi connectivity index (χ2v) is 6.08. The predicted octanol–water partition coefficient (Wildman–Crippen LogP) is -0.349. The van der Waals surface area contributed by atoms with Crippen molar-refractivity contribution >= 4 is 17.0 Å². The van der Waals surface area contributed by atoms with Crippen molar-refractivity contribution in [3.8, 4) is 5.75 Å². The van der Waals surface area contributed by atoms with Crippen LogP contribution < -0.4 is 10.1 Å². The maximum absolute atomic E-state index is 10.2. The molecule has 11 nitrogen and oxygen atoms in total. The van der Waals surface area contributed by atoms with E-state index >= 15 is 0 Å². The highest BCUT2D eigenvalue weighted by Crippen LogP contribution is 2.32. The van der Waals surface area contributed by atoms with Gasteiger partial charge in [0, 0.05) is 6.07 Å². The van der Waals surface area contributed by atoms with Gasteiger partial charge in [0.2, 0.25) is 0 Å². The summed E-state index contributed by atoms with van der Waals surface area (Å²) in [6.45, 7) is -0.0497. The van der Waals surface area contributed by atoms with E-state index in [1.165, 1.54) is 23.5 Å². The Bertz CT molecular complexity index is 927. The Hall–Kier alpha value is -2.73. The van der Waals surface area contributed by atoms with E-state index in [9.17, 15) is 15.3 Å². The topological polar surface area (TPSA) is 148 Å².